The Labute approximate surface area is 313 Å². The van der Waals surface area contributed by atoms with Gasteiger partial charge in [0, 0.05) is 43.8 Å². The topological polar surface area (TPSA) is 133 Å². The third-order valence-corrected chi connectivity index (χ3v) is 10.6. The van der Waals surface area contributed by atoms with Crippen LogP contribution >= 0.6 is 0 Å². The number of H-pyrrole nitrogens is 2. The predicted octanol–water partition coefficient (Wildman–Crippen LogP) is 10.6. The summed E-state index contributed by atoms with van der Waals surface area (Å²) in [6.07, 6.45) is 0. The lowest BCUT2D eigenvalue weighted by molar-refractivity contribution is 0.590. The number of nitrogens with zero attached hydrogens (tertiary/aromatic N) is 7. The van der Waals surface area contributed by atoms with E-state index < -0.39 is 0 Å². The average molecular weight is 708 g/mol. The highest BCUT2D eigenvalue weighted by atomic mass is 15.1. The van der Waals surface area contributed by atoms with Crippen molar-refractivity contribution in [2.24, 2.45) is 0 Å². The minimum Gasteiger partial charge on any atom is -0.324 e. The molecule has 3 aromatic heterocycles. The van der Waals surface area contributed by atoms with E-state index in [1.807, 2.05) is 12.1 Å². The van der Waals surface area contributed by atoms with Gasteiger partial charge < -0.3 is 9.97 Å². The molecule has 0 amide bonds. The van der Waals surface area contributed by atoms with Gasteiger partial charge >= 0.3 is 0 Å². The number of nitriles is 1. The Morgan fingerprint density at radius 2 is 0.778 bits per heavy atom. The van der Waals surface area contributed by atoms with E-state index in [1.165, 1.54) is 16.7 Å². The normalized spacial score (nSPS) is 12.9. The molecule has 2 N–H and O–H groups in total. The lowest BCUT2D eigenvalue weighted by Gasteiger charge is -2.19. The van der Waals surface area contributed by atoms with Crippen molar-refractivity contribution in [3.63, 3.8) is 0 Å². The van der Waals surface area contributed by atoms with Crippen LogP contribution in [0.2, 0.25) is 0 Å². The van der Waals surface area contributed by atoms with Crippen molar-refractivity contribution in [1.82, 2.24) is 39.9 Å². The summed E-state index contributed by atoms with van der Waals surface area (Å²) in [4.78, 5) is 38.2. The molecule has 2 aliphatic heterocycles. The molecular weight excluding hydrogens is 667 g/mol. The van der Waals surface area contributed by atoms with Crippen LogP contribution in [0.5, 0.6) is 0 Å². The molecule has 7 aromatic rings. The molecule has 0 unspecified atom stereocenters. The second-order valence-electron chi connectivity index (χ2n) is 17.5. The number of hydrogen-bond acceptors (Lipinski definition) is 7. The molecule has 54 heavy (non-hydrogen) atoms. The van der Waals surface area contributed by atoms with Crippen molar-refractivity contribution in [2.75, 3.05) is 0 Å². The van der Waals surface area contributed by atoms with Gasteiger partial charge in [-0.05, 0) is 69.3 Å². The van der Waals surface area contributed by atoms with Crippen LogP contribution in [0, 0.1) is 11.3 Å². The zero-order valence-corrected chi connectivity index (χ0v) is 32.1. The van der Waals surface area contributed by atoms with E-state index >= 15 is 0 Å². The Balaban J connectivity index is 1.48. The van der Waals surface area contributed by atoms with E-state index in [2.05, 4.69) is 133 Å². The zero-order valence-electron chi connectivity index (χ0n) is 32.1. The van der Waals surface area contributed by atoms with Crippen LogP contribution in [0.15, 0.2) is 72.8 Å². The SMILES string of the molecule is CC(C)(C)c1ccc2c(c1)-c1nc-2nc2[nH]c(nc3nc(nc4[nH]c(n1)c1ccc(C(C)(C)C)cc41)-c1cc(C#N)ccc1-3)c1cc(C(C)(C)C)ccc21. The average Bonchev–Trinajstić information content (AvgIpc) is 3.84. The minimum absolute atomic E-state index is 0.0833. The maximum absolute atomic E-state index is 9.89. The minimum atomic E-state index is -0.0954. The van der Waals surface area contributed by atoms with Crippen molar-refractivity contribution in [3.8, 4) is 51.6 Å². The molecule has 0 fully saturated rings. The van der Waals surface area contributed by atoms with Crippen molar-refractivity contribution in [2.45, 2.75) is 78.6 Å². The van der Waals surface area contributed by atoms with E-state index in [-0.39, 0.29) is 16.2 Å². The van der Waals surface area contributed by atoms with Gasteiger partial charge in [0.1, 0.15) is 22.6 Å². The highest BCUT2D eigenvalue weighted by Crippen LogP contribution is 2.40. The number of hydrogen-bond donors (Lipinski definition) is 2. The third-order valence-electron chi connectivity index (χ3n) is 10.6. The summed E-state index contributed by atoms with van der Waals surface area (Å²) in [6.45, 7) is 19.8. The fourth-order valence-electron chi connectivity index (χ4n) is 7.26. The largest absolute Gasteiger partial charge is 0.324 e. The first-order valence-electron chi connectivity index (χ1n) is 18.4. The second-order valence-corrected chi connectivity index (χ2v) is 17.5. The molecule has 5 heterocycles. The second kappa shape index (κ2) is 11.4. The van der Waals surface area contributed by atoms with Gasteiger partial charge in [0.25, 0.3) is 0 Å². The van der Waals surface area contributed by atoms with E-state index in [1.54, 1.807) is 6.07 Å². The summed E-state index contributed by atoms with van der Waals surface area (Å²) in [5.74, 6) is 2.12. The van der Waals surface area contributed by atoms with E-state index in [0.717, 1.165) is 43.8 Å². The molecule has 2 aliphatic rings. The van der Waals surface area contributed by atoms with Crippen LogP contribution in [0.1, 0.15) is 84.6 Å². The summed E-state index contributed by atoms with van der Waals surface area (Å²) < 4.78 is 0. The number of aromatic nitrogens is 8. The van der Waals surface area contributed by atoms with Gasteiger partial charge in [0.2, 0.25) is 0 Å². The first kappa shape index (κ1) is 33.6. The van der Waals surface area contributed by atoms with Crippen molar-refractivity contribution in [3.05, 3.63) is 95.1 Å². The van der Waals surface area contributed by atoms with Gasteiger partial charge in [0.15, 0.2) is 23.3 Å². The molecule has 9 rings (SSSR count). The van der Waals surface area contributed by atoms with Crippen molar-refractivity contribution >= 4 is 44.1 Å². The van der Waals surface area contributed by atoms with Gasteiger partial charge in [-0.3, -0.25) is 0 Å². The molecular formula is C45H41N9. The van der Waals surface area contributed by atoms with Gasteiger partial charge in [0.05, 0.1) is 11.6 Å². The fourth-order valence-corrected chi connectivity index (χ4v) is 7.26. The molecule has 0 saturated heterocycles. The number of benzene rings is 4. The molecule has 266 valence electrons. The highest BCUT2D eigenvalue weighted by Gasteiger charge is 2.26. The number of nitrogens with one attached hydrogen (secondary N) is 2. The fraction of sp³-hybridized carbons (Fsp3) is 0.267. The molecule has 0 radical (unpaired) electrons. The molecule has 0 spiro atoms. The molecule has 0 aliphatic carbocycles. The Kier molecular flexibility index (Phi) is 7.06. The van der Waals surface area contributed by atoms with Gasteiger partial charge in [-0.2, -0.15) is 5.26 Å². The number of aromatic amines is 2. The molecule has 9 heteroatoms. The molecule has 0 saturated carbocycles. The lowest BCUT2D eigenvalue weighted by Crippen LogP contribution is -2.10. The first-order chi connectivity index (χ1) is 25.5. The Hall–Kier alpha value is -6.27. The maximum Gasteiger partial charge on any atom is 0.164 e. The number of rotatable bonds is 0. The van der Waals surface area contributed by atoms with Crippen LogP contribution < -0.4 is 0 Å². The summed E-state index contributed by atoms with van der Waals surface area (Å²) in [5.41, 5.74) is 9.69. The van der Waals surface area contributed by atoms with Crippen LogP contribution in [-0.4, -0.2) is 39.9 Å². The summed E-state index contributed by atoms with van der Waals surface area (Å²) in [7, 11) is 0. The lowest BCUT2D eigenvalue weighted by atomic mass is 9.85. The molecule has 9 nitrogen and oxygen atoms in total. The first-order valence-corrected chi connectivity index (χ1v) is 18.4. The van der Waals surface area contributed by atoms with Crippen LogP contribution in [0.3, 0.4) is 0 Å². The highest BCUT2D eigenvalue weighted by molar-refractivity contribution is 6.06. The number of fused-ring (bicyclic) bond motifs is 20. The summed E-state index contributed by atoms with van der Waals surface area (Å²) in [6, 6.07) is 27.2. The van der Waals surface area contributed by atoms with Crippen molar-refractivity contribution in [1.29, 1.82) is 5.26 Å². The van der Waals surface area contributed by atoms with Gasteiger partial charge in [-0.1, -0.05) is 98.7 Å². The van der Waals surface area contributed by atoms with E-state index in [4.69, 9.17) is 29.9 Å². The quantitative estimate of drug-likeness (QED) is 0.160. The van der Waals surface area contributed by atoms with Crippen LogP contribution in [0.25, 0.3) is 89.7 Å². The smallest absolute Gasteiger partial charge is 0.164 e. The van der Waals surface area contributed by atoms with Crippen LogP contribution in [-0.2, 0) is 16.2 Å². The monoisotopic (exact) mass is 707 g/mol. The molecule has 8 bridgehead atoms. The van der Waals surface area contributed by atoms with E-state index in [0.29, 0.717) is 51.4 Å². The van der Waals surface area contributed by atoms with Crippen LogP contribution in [0.4, 0.5) is 0 Å². The summed E-state index contributed by atoms with van der Waals surface area (Å²) >= 11 is 0. The van der Waals surface area contributed by atoms with Gasteiger partial charge in [-0.15, -0.1) is 0 Å². The Morgan fingerprint density at radius 1 is 0.407 bits per heavy atom. The summed E-state index contributed by atoms with van der Waals surface area (Å²) in [5, 5.41) is 13.6. The van der Waals surface area contributed by atoms with E-state index in [9.17, 15) is 5.26 Å². The Bertz CT molecular complexity index is 2950. The zero-order chi connectivity index (χ0) is 37.9. The Morgan fingerprint density at radius 3 is 1.22 bits per heavy atom. The molecule has 4 aromatic carbocycles. The predicted molar refractivity (Wildman–Crippen MR) is 217 cm³/mol. The standard InChI is InChI=1S/C45H41N9/c1-43(2,3)24-11-15-28-32(19-24)40-49-35-27-14-10-23(22-46)18-31(27)39(48-35)54-42-34-21-26(45(7,8)9)13-17-30(34)38(53-42)52-41-33-20-25(44(4,5)6)12-16-29(33)37(51-41)47-36(28)50-40/h10-21H,1-9H3,(H2,47,48,49,50,51,52,53,54). The third kappa shape index (κ3) is 5.44. The van der Waals surface area contributed by atoms with Gasteiger partial charge in [-0.25, -0.2) is 29.9 Å². The molecule has 0 atom stereocenters. The maximum atomic E-state index is 9.89. The van der Waals surface area contributed by atoms with Crippen molar-refractivity contribution < 1.29 is 0 Å².